The second-order valence-corrected chi connectivity index (χ2v) is 4.56. The summed E-state index contributed by atoms with van der Waals surface area (Å²) in [6, 6.07) is 4.81. The van der Waals surface area contributed by atoms with E-state index >= 15 is 0 Å². The van der Waals surface area contributed by atoms with E-state index in [0.29, 0.717) is 6.54 Å². The molecule has 2 aromatic rings. The van der Waals surface area contributed by atoms with Gasteiger partial charge in [0, 0.05) is 18.3 Å². The van der Waals surface area contributed by atoms with Crippen molar-refractivity contribution < 1.29 is 4.39 Å². The second kappa shape index (κ2) is 5.50. The van der Waals surface area contributed by atoms with E-state index in [1.807, 2.05) is 20.2 Å². The van der Waals surface area contributed by atoms with Gasteiger partial charge in [-0.15, -0.1) is 0 Å². The van der Waals surface area contributed by atoms with Crippen LogP contribution >= 0.6 is 11.6 Å². The minimum atomic E-state index is -0.395. The van der Waals surface area contributed by atoms with Crippen LogP contribution in [0.1, 0.15) is 16.8 Å². The van der Waals surface area contributed by atoms with Crippen LogP contribution in [-0.2, 0) is 13.1 Å². The Balaban J connectivity index is 2.23. The smallest absolute Gasteiger partial charge is 0.142 e. The van der Waals surface area contributed by atoms with Gasteiger partial charge in [0.05, 0.1) is 17.3 Å². The number of rotatable bonds is 4. The Labute approximate surface area is 111 Å². The average molecular weight is 268 g/mol. The first-order valence-corrected chi connectivity index (χ1v) is 6.10. The molecule has 3 nitrogen and oxygen atoms in total. The molecule has 0 bridgehead atoms. The molecule has 0 atom stereocenters. The first-order chi connectivity index (χ1) is 8.61. The van der Waals surface area contributed by atoms with Crippen molar-refractivity contribution in [3.63, 3.8) is 0 Å². The Kier molecular flexibility index (Phi) is 3.99. The molecule has 0 unspecified atom stereocenters. The number of benzene rings is 1. The molecule has 5 heteroatoms. The van der Waals surface area contributed by atoms with Gasteiger partial charge < -0.3 is 5.32 Å². The first-order valence-electron chi connectivity index (χ1n) is 5.72. The monoisotopic (exact) mass is 267 g/mol. The third-order valence-electron chi connectivity index (χ3n) is 2.78. The van der Waals surface area contributed by atoms with E-state index in [0.717, 1.165) is 23.4 Å². The first kappa shape index (κ1) is 13.1. The maximum absolute atomic E-state index is 13.3. The molecule has 0 aliphatic rings. The lowest BCUT2D eigenvalue weighted by atomic mass is 10.2. The van der Waals surface area contributed by atoms with Crippen LogP contribution in [0.4, 0.5) is 4.39 Å². The summed E-state index contributed by atoms with van der Waals surface area (Å²) in [7, 11) is 1.89. The van der Waals surface area contributed by atoms with E-state index in [9.17, 15) is 4.39 Å². The van der Waals surface area contributed by atoms with Gasteiger partial charge in [0.1, 0.15) is 5.82 Å². The summed E-state index contributed by atoms with van der Waals surface area (Å²) in [6.45, 7) is 3.19. The van der Waals surface area contributed by atoms with E-state index in [2.05, 4.69) is 10.4 Å². The van der Waals surface area contributed by atoms with E-state index in [1.165, 1.54) is 6.07 Å². The van der Waals surface area contributed by atoms with E-state index in [-0.39, 0.29) is 5.02 Å². The summed E-state index contributed by atoms with van der Waals surface area (Å²) in [5.74, 6) is -0.395. The number of halogens is 2. The Morgan fingerprint density at radius 2 is 2.17 bits per heavy atom. The molecule has 0 amide bonds. The minimum Gasteiger partial charge on any atom is -0.316 e. The van der Waals surface area contributed by atoms with Crippen molar-refractivity contribution >= 4 is 11.6 Å². The largest absolute Gasteiger partial charge is 0.316 e. The molecule has 0 radical (unpaired) electrons. The number of nitrogens with one attached hydrogen (secondary N) is 1. The van der Waals surface area contributed by atoms with E-state index < -0.39 is 5.82 Å². The third kappa shape index (κ3) is 2.71. The van der Waals surface area contributed by atoms with Crippen LogP contribution in [0.3, 0.4) is 0 Å². The van der Waals surface area contributed by atoms with E-state index in [1.54, 1.807) is 16.8 Å². The van der Waals surface area contributed by atoms with Crippen molar-refractivity contribution in [2.75, 3.05) is 7.05 Å². The van der Waals surface area contributed by atoms with Gasteiger partial charge >= 0.3 is 0 Å². The predicted molar refractivity (Wildman–Crippen MR) is 70.2 cm³/mol. The summed E-state index contributed by atoms with van der Waals surface area (Å²) in [5, 5.41) is 7.64. The van der Waals surface area contributed by atoms with Crippen LogP contribution in [0, 0.1) is 12.7 Å². The Morgan fingerprint density at radius 3 is 2.89 bits per heavy atom. The summed E-state index contributed by atoms with van der Waals surface area (Å²) in [4.78, 5) is 0. The number of aromatic nitrogens is 2. The standard InChI is InChI=1S/C13H15ClFN3/c1-9-11(6-16-2)8-18(17-9)7-10-4-3-5-12(15)13(10)14/h3-5,8,16H,6-7H2,1-2H3. The van der Waals surface area contributed by atoms with E-state index in [4.69, 9.17) is 11.6 Å². The molecule has 0 saturated carbocycles. The molecule has 96 valence electrons. The molecule has 1 heterocycles. The normalized spacial score (nSPS) is 10.9. The molecule has 2 rings (SSSR count). The quantitative estimate of drug-likeness (QED) is 0.923. The predicted octanol–water partition coefficient (Wildman–Crippen LogP) is 2.75. The fourth-order valence-corrected chi connectivity index (χ4v) is 2.03. The summed E-state index contributed by atoms with van der Waals surface area (Å²) >= 11 is 5.92. The van der Waals surface area contributed by atoms with Gasteiger partial charge in [-0.25, -0.2) is 4.39 Å². The maximum atomic E-state index is 13.3. The number of aryl methyl sites for hydroxylation is 1. The fourth-order valence-electron chi connectivity index (χ4n) is 1.85. The highest BCUT2D eigenvalue weighted by atomic mass is 35.5. The lowest BCUT2D eigenvalue weighted by molar-refractivity contribution is 0.619. The topological polar surface area (TPSA) is 29.9 Å². The summed E-state index contributed by atoms with van der Waals surface area (Å²) < 4.78 is 15.1. The minimum absolute atomic E-state index is 0.167. The zero-order valence-corrected chi connectivity index (χ0v) is 11.1. The van der Waals surface area contributed by atoms with Crippen molar-refractivity contribution in [3.8, 4) is 0 Å². The third-order valence-corrected chi connectivity index (χ3v) is 3.20. The van der Waals surface area contributed by atoms with Gasteiger partial charge in [-0.2, -0.15) is 5.10 Å². The van der Waals surface area contributed by atoms with Gasteiger partial charge in [0.25, 0.3) is 0 Å². The Morgan fingerprint density at radius 1 is 1.39 bits per heavy atom. The molecule has 18 heavy (non-hydrogen) atoms. The Bertz CT molecular complexity index is 551. The average Bonchev–Trinajstić information content (AvgIpc) is 2.66. The van der Waals surface area contributed by atoms with Crippen molar-refractivity contribution in [1.29, 1.82) is 0 Å². The lowest BCUT2D eigenvalue weighted by Crippen LogP contribution is -2.05. The van der Waals surface area contributed by atoms with Crippen LogP contribution in [0.2, 0.25) is 5.02 Å². The van der Waals surface area contributed by atoms with Gasteiger partial charge in [0.2, 0.25) is 0 Å². The molecule has 1 aromatic heterocycles. The van der Waals surface area contributed by atoms with Crippen molar-refractivity contribution in [2.24, 2.45) is 0 Å². The SMILES string of the molecule is CNCc1cn(Cc2cccc(F)c2Cl)nc1C. The highest BCUT2D eigenvalue weighted by Crippen LogP contribution is 2.20. The van der Waals surface area contributed by atoms with Crippen molar-refractivity contribution in [1.82, 2.24) is 15.1 Å². The van der Waals surface area contributed by atoms with Crippen LogP contribution < -0.4 is 5.32 Å². The molecule has 0 fully saturated rings. The molecule has 0 spiro atoms. The number of nitrogens with zero attached hydrogens (tertiary/aromatic N) is 2. The Hall–Kier alpha value is -1.39. The molecule has 1 N–H and O–H groups in total. The van der Waals surface area contributed by atoms with Gasteiger partial charge in [0.15, 0.2) is 0 Å². The van der Waals surface area contributed by atoms with Crippen molar-refractivity contribution in [2.45, 2.75) is 20.0 Å². The molecule has 0 aliphatic carbocycles. The van der Waals surface area contributed by atoms with Gasteiger partial charge in [-0.1, -0.05) is 23.7 Å². The molecular weight excluding hydrogens is 253 g/mol. The van der Waals surface area contributed by atoms with Crippen LogP contribution in [0.25, 0.3) is 0 Å². The number of hydrogen-bond donors (Lipinski definition) is 1. The molecular formula is C13H15ClFN3. The zero-order valence-electron chi connectivity index (χ0n) is 10.4. The van der Waals surface area contributed by atoms with Crippen molar-refractivity contribution in [3.05, 3.63) is 52.1 Å². The summed E-state index contributed by atoms with van der Waals surface area (Å²) in [6.07, 6.45) is 1.95. The second-order valence-electron chi connectivity index (χ2n) is 4.18. The summed E-state index contributed by atoms with van der Waals surface area (Å²) in [5.41, 5.74) is 2.83. The van der Waals surface area contributed by atoms with Crippen LogP contribution in [0.15, 0.2) is 24.4 Å². The van der Waals surface area contributed by atoms with Crippen LogP contribution in [0.5, 0.6) is 0 Å². The highest BCUT2D eigenvalue weighted by molar-refractivity contribution is 6.31. The zero-order chi connectivity index (χ0) is 13.1. The highest BCUT2D eigenvalue weighted by Gasteiger charge is 2.08. The number of hydrogen-bond acceptors (Lipinski definition) is 2. The lowest BCUT2D eigenvalue weighted by Gasteiger charge is -2.05. The maximum Gasteiger partial charge on any atom is 0.142 e. The van der Waals surface area contributed by atoms with Gasteiger partial charge in [-0.3, -0.25) is 4.68 Å². The molecule has 0 saturated heterocycles. The fraction of sp³-hybridized carbons (Fsp3) is 0.308. The molecule has 1 aromatic carbocycles. The molecule has 0 aliphatic heterocycles. The van der Waals surface area contributed by atoms with Gasteiger partial charge in [-0.05, 0) is 25.6 Å². The van der Waals surface area contributed by atoms with Crippen LogP contribution in [-0.4, -0.2) is 16.8 Å².